The van der Waals surface area contributed by atoms with Gasteiger partial charge in [0.25, 0.3) is 5.91 Å². The summed E-state index contributed by atoms with van der Waals surface area (Å²) in [4.78, 5) is 25.3. The largest absolute Gasteiger partial charge is 0.434 e. The van der Waals surface area contributed by atoms with Crippen molar-refractivity contribution in [3.05, 3.63) is 71.8 Å². The third kappa shape index (κ3) is 3.76. The fourth-order valence-electron chi connectivity index (χ4n) is 2.48. The zero-order valence-electron chi connectivity index (χ0n) is 12.6. The van der Waals surface area contributed by atoms with Gasteiger partial charge in [-0.2, -0.15) is 0 Å². The van der Waals surface area contributed by atoms with Crippen molar-refractivity contribution in [3.63, 3.8) is 0 Å². The van der Waals surface area contributed by atoms with E-state index in [2.05, 4.69) is 5.32 Å². The summed E-state index contributed by atoms with van der Waals surface area (Å²) in [6.45, 7) is 1.18. The highest BCUT2D eigenvalue weighted by atomic mass is 16.6. The van der Waals surface area contributed by atoms with E-state index in [4.69, 9.17) is 4.74 Å². The fraction of sp³-hybridized carbons (Fsp3) is 0.222. The van der Waals surface area contributed by atoms with Gasteiger partial charge in [0, 0.05) is 13.1 Å². The van der Waals surface area contributed by atoms with Crippen LogP contribution in [0, 0.1) is 0 Å². The molecule has 3 rings (SSSR count). The van der Waals surface area contributed by atoms with Gasteiger partial charge in [-0.1, -0.05) is 60.7 Å². The molecule has 0 saturated carbocycles. The monoisotopic (exact) mass is 310 g/mol. The zero-order chi connectivity index (χ0) is 16.1. The number of imide groups is 1. The molecule has 2 amide bonds. The van der Waals surface area contributed by atoms with E-state index in [-0.39, 0.29) is 12.5 Å². The maximum Gasteiger partial charge on any atom is 0.417 e. The van der Waals surface area contributed by atoms with Gasteiger partial charge in [-0.05, 0) is 11.1 Å². The van der Waals surface area contributed by atoms with Crippen LogP contribution in [0.15, 0.2) is 60.7 Å². The van der Waals surface area contributed by atoms with Crippen molar-refractivity contribution >= 4 is 12.0 Å². The minimum Gasteiger partial charge on any atom is -0.434 e. The van der Waals surface area contributed by atoms with Crippen molar-refractivity contribution in [1.82, 2.24) is 10.2 Å². The lowest BCUT2D eigenvalue weighted by Crippen LogP contribution is -2.36. The molecule has 0 aromatic heterocycles. The summed E-state index contributed by atoms with van der Waals surface area (Å²) < 4.78 is 5.17. The SMILES string of the molecule is O=C1O[C@H](CNCc2ccccc2)C(=O)N1Cc1ccccc1. The van der Waals surface area contributed by atoms with E-state index in [0.29, 0.717) is 13.1 Å². The molecule has 5 heteroatoms. The van der Waals surface area contributed by atoms with Crippen molar-refractivity contribution in [1.29, 1.82) is 0 Å². The topological polar surface area (TPSA) is 58.6 Å². The van der Waals surface area contributed by atoms with Crippen LogP contribution in [0.4, 0.5) is 4.79 Å². The quantitative estimate of drug-likeness (QED) is 0.889. The smallest absolute Gasteiger partial charge is 0.417 e. The standard InChI is InChI=1S/C18H18N2O3/c21-17-16(12-19-11-14-7-3-1-4-8-14)23-18(22)20(17)13-15-9-5-2-6-10-15/h1-10,16,19H,11-13H2/t16-/m1/s1. The molecule has 1 heterocycles. The third-order valence-corrected chi connectivity index (χ3v) is 3.69. The lowest BCUT2D eigenvalue weighted by molar-refractivity contribution is -0.129. The van der Waals surface area contributed by atoms with Crippen LogP contribution in [-0.4, -0.2) is 29.5 Å². The molecule has 0 spiro atoms. The zero-order valence-corrected chi connectivity index (χ0v) is 12.6. The average molecular weight is 310 g/mol. The highest BCUT2D eigenvalue weighted by Gasteiger charge is 2.40. The van der Waals surface area contributed by atoms with Gasteiger partial charge in [-0.25, -0.2) is 9.69 Å². The Morgan fingerprint density at radius 1 is 0.913 bits per heavy atom. The van der Waals surface area contributed by atoms with Crippen LogP contribution in [0.1, 0.15) is 11.1 Å². The predicted octanol–water partition coefficient (Wildman–Crippen LogP) is 2.32. The van der Waals surface area contributed by atoms with Gasteiger partial charge in [0.2, 0.25) is 0 Å². The number of hydrogen-bond acceptors (Lipinski definition) is 4. The number of hydrogen-bond donors (Lipinski definition) is 1. The van der Waals surface area contributed by atoms with Crippen LogP contribution in [0.3, 0.4) is 0 Å². The minimum absolute atomic E-state index is 0.244. The Balaban J connectivity index is 1.54. The first-order valence-electron chi connectivity index (χ1n) is 7.54. The second-order valence-corrected chi connectivity index (χ2v) is 5.40. The molecule has 1 aliphatic heterocycles. The van der Waals surface area contributed by atoms with Gasteiger partial charge >= 0.3 is 6.09 Å². The van der Waals surface area contributed by atoms with Crippen molar-refractivity contribution in [3.8, 4) is 0 Å². The van der Waals surface area contributed by atoms with E-state index < -0.39 is 12.2 Å². The summed E-state index contributed by atoms with van der Waals surface area (Å²) in [7, 11) is 0. The van der Waals surface area contributed by atoms with Crippen LogP contribution in [0.25, 0.3) is 0 Å². The molecule has 0 bridgehead atoms. The molecule has 1 N–H and O–H groups in total. The van der Waals surface area contributed by atoms with Crippen molar-refractivity contribution in [2.75, 3.05) is 6.54 Å². The Labute approximate surface area is 134 Å². The number of carbonyl (C=O) groups excluding carboxylic acids is 2. The van der Waals surface area contributed by atoms with Gasteiger partial charge in [0.1, 0.15) is 0 Å². The fourth-order valence-corrected chi connectivity index (χ4v) is 2.48. The molecular weight excluding hydrogens is 292 g/mol. The highest BCUT2D eigenvalue weighted by molar-refractivity contribution is 6.00. The number of nitrogens with zero attached hydrogens (tertiary/aromatic N) is 1. The number of cyclic esters (lactones) is 1. The molecule has 1 saturated heterocycles. The molecule has 5 nitrogen and oxygen atoms in total. The molecule has 2 aromatic carbocycles. The molecule has 0 aliphatic carbocycles. The summed E-state index contributed by atoms with van der Waals surface area (Å²) in [5.74, 6) is -0.292. The van der Waals surface area contributed by atoms with E-state index in [1.54, 1.807) is 0 Å². The lowest BCUT2D eigenvalue weighted by Gasteiger charge is -2.11. The Morgan fingerprint density at radius 2 is 1.52 bits per heavy atom. The Hall–Kier alpha value is -2.66. The van der Waals surface area contributed by atoms with E-state index in [0.717, 1.165) is 16.0 Å². The minimum atomic E-state index is -0.755. The van der Waals surface area contributed by atoms with Gasteiger partial charge in [-0.3, -0.25) is 4.79 Å². The van der Waals surface area contributed by atoms with Crippen LogP contribution in [0.5, 0.6) is 0 Å². The van der Waals surface area contributed by atoms with Gasteiger partial charge in [0.15, 0.2) is 6.10 Å². The molecule has 0 unspecified atom stereocenters. The molecule has 118 valence electrons. The number of benzene rings is 2. The summed E-state index contributed by atoms with van der Waals surface area (Å²) in [6.07, 6.45) is -1.33. The number of nitrogens with one attached hydrogen (secondary N) is 1. The van der Waals surface area contributed by atoms with Crippen LogP contribution >= 0.6 is 0 Å². The molecule has 1 atom stereocenters. The molecular formula is C18H18N2O3. The number of ether oxygens (including phenoxy) is 1. The maximum absolute atomic E-state index is 12.3. The highest BCUT2D eigenvalue weighted by Crippen LogP contribution is 2.16. The normalized spacial score (nSPS) is 17.4. The number of amides is 2. The van der Waals surface area contributed by atoms with Crippen molar-refractivity contribution < 1.29 is 14.3 Å². The maximum atomic E-state index is 12.3. The Morgan fingerprint density at radius 3 is 2.17 bits per heavy atom. The lowest BCUT2D eigenvalue weighted by atomic mass is 10.2. The molecule has 1 aliphatic rings. The van der Waals surface area contributed by atoms with Crippen LogP contribution < -0.4 is 5.32 Å². The van der Waals surface area contributed by atoms with Gasteiger partial charge < -0.3 is 10.1 Å². The van der Waals surface area contributed by atoms with Crippen LogP contribution in [0.2, 0.25) is 0 Å². The second-order valence-electron chi connectivity index (χ2n) is 5.40. The van der Waals surface area contributed by atoms with E-state index in [9.17, 15) is 9.59 Å². The summed E-state index contributed by atoms with van der Waals surface area (Å²) in [6, 6.07) is 19.3. The molecule has 0 radical (unpaired) electrons. The average Bonchev–Trinajstić information content (AvgIpc) is 2.85. The summed E-state index contributed by atoms with van der Waals surface area (Å²) in [5.41, 5.74) is 2.01. The number of rotatable bonds is 6. The van der Waals surface area contributed by atoms with E-state index in [1.807, 2.05) is 60.7 Å². The van der Waals surface area contributed by atoms with E-state index >= 15 is 0 Å². The second kappa shape index (κ2) is 7.07. The summed E-state index contributed by atoms with van der Waals surface area (Å²) >= 11 is 0. The summed E-state index contributed by atoms with van der Waals surface area (Å²) in [5, 5.41) is 3.15. The first kappa shape index (κ1) is 15.2. The Kier molecular flexibility index (Phi) is 4.68. The molecule has 1 fully saturated rings. The van der Waals surface area contributed by atoms with Gasteiger partial charge in [0.05, 0.1) is 6.54 Å². The van der Waals surface area contributed by atoms with Gasteiger partial charge in [-0.15, -0.1) is 0 Å². The van der Waals surface area contributed by atoms with E-state index in [1.165, 1.54) is 0 Å². The first-order valence-corrected chi connectivity index (χ1v) is 7.54. The molecule has 23 heavy (non-hydrogen) atoms. The molecule has 2 aromatic rings. The third-order valence-electron chi connectivity index (χ3n) is 3.69. The predicted molar refractivity (Wildman–Crippen MR) is 85.4 cm³/mol. The Bertz CT molecular complexity index is 673. The van der Waals surface area contributed by atoms with Crippen molar-refractivity contribution in [2.45, 2.75) is 19.2 Å². The van der Waals surface area contributed by atoms with Crippen molar-refractivity contribution in [2.24, 2.45) is 0 Å². The number of carbonyl (C=O) groups is 2. The van der Waals surface area contributed by atoms with Crippen LogP contribution in [-0.2, 0) is 22.6 Å². The first-order chi connectivity index (χ1) is 11.2.